The Morgan fingerprint density at radius 2 is 1.87 bits per heavy atom. The van der Waals surface area contributed by atoms with Crippen molar-refractivity contribution in [2.45, 2.75) is 49.4 Å². The highest BCUT2D eigenvalue weighted by Crippen LogP contribution is 2.50. The van der Waals surface area contributed by atoms with E-state index in [1.807, 2.05) is 0 Å². The molecule has 1 unspecified atom stereocenters. The summed E-state index contributed by atoms with van der Waals surface area (Å²) in [5.74, 6) is -7.00. The van der Waals surface area contributed by atoms with Crippen molar-refractivity contribution in [1.29, 1.82) is 0 Å². The van der Waals surface area contributed by atoms with E-state index in [9.17, 15) is 27.9 Å². The molecule has 2 saturated carbocycles. The minimum Gasteiger partial charge on any atom is -0.494 e. The summed E-state index contributed by atoms with van der Waals surface area (Å²) in [6.45, 7) is 0.918. The normalized spacial score (nSPS) is 20.9. The van der Waals surface area contributed by atoms with Gasteiger partial charge in [0.2, 0.25) is 11.7 Å². The van der Waals surface area contributed by atoms with E-state index in [0.717, 1.165) is 0 Å². The summed E-state index contributed by atoms with van der Waals surface area (Å²) >= 11 is 0. The Bertz CT molecular complexity index is 1960. The van der Waals surface area contributed by atoms with Crippen molar-refractivity contribution in [3.8, 4) is 22.8 Å². The van der Waals surface area contributed by atoms with Gasteiger partial charge in [0.1, 0.15) is 46.1 Å². The smallest absolute Gasteiger partial charge is 0.251 e. The highest BCUT2D eigenvalue weighted by molar-refractivity contribution is 6.00. The minimum absolute atomic E-state index is 0.0434. The molecule has 46 heavy (non-hydrogen) atoms. The topological polar surface area (TPSA) is 142 Å². The summed E-state index contributed by atoms with van der Waals surface area (Å²) < 4.78 is 70.3. The Kier molecular flexibility index (Phi) is 6.61. The van der Waals surface area contributed by atoms with Gasteiger partial charge in [0.15, 0.2) is 11.6 Å². The fourth-order valence-electron chi connectivity index (χ4n) is 5.95. The third-order valence-electron chi connectivity index (χ3n) is 9.23. The lowest BCUT2D eigenvalue weighted by Crippen LogP contribution is -2.44. The van der Waals surface area contributed by atoms with Crippen molar-refractivity contribution in [2.24, 2.45) is 11.7 Å². The van der Waals surface area contributed by atoms with Crippen molar-refractivity contribution < 1.29 is 41.7 Å². The number of halogens is 4. The molecule has 14 heteroatoms. The second-order valence-electron chi connectivity index (χ2n) is 12.5. The van der Waals surface area contributed by atoms with Gasteiger partial charge in [-0.15, -0.1) is 0 Å². The number of aliphatic hydroxyl groups is 1. The van der Waals surface area contributed by atoms with E-state index in [1.165, 1.54) is 43.1 Å². The number of pyridine rings is 1. The van der Waals surface area contributed by atoms with Gasteiger partial charge in [-0.2, -0.15) is 5.10 Å². The fraction of sp³-hybridized carbons (Fsp3) is 0.375. The zero-order valence-electron chi connectivity index (χ0n) is 24.8. The number of nitrogens with two attached hydrogens (primary N) is 1. The molecule has 2 aliphatic carbocycles. The molecular formula is C32H29F4N5O5. The second kappa shape index (κ2) is 10.1. The Morgan fingerprint density at radius 1 is 1.15 bits per heavy atom. The van der Waals surface area contributed by atoms with Crippen LogP contribution in [0.3, 0.4) is 0 Å². The van der Waals surface area contributed by atoms with Crippen LogP contribution in [0.2, 0.25) is 0 Å². The zero-order valence-corrected chi connectivity index (χ0v) is 24.8. The fourth-order valence-corrected chi connectivity index (χ4v) is 5.95. The van der Waals surface area contributed by atoms with Gasteiger partial charge in [-0.1, -0.05) is 0 Å². The Morgan fingerprint density at radius 3 is 2.52 bits per heavy atom. The number of carbonyl (C=O) groups excluding carboxylic acids is 2. The number of primary amides is 1. The maximum Gasteiger partial charge on any atom is 0.251 e. The van der Waals surface area contributed by atoms with E-state index in [0.29, 0.717) is 48.7 Å². The Hall–Kier alpha value is -4.72. The Balaban J connectivity index is 1.27. The third kappa shape index (κ3) is 4.65. The van der Waals surface area contributed by atoms with Crippen LogP contribution in [0, 0.1) is 23.4 Å². The number of nitrogens with one attached hydrogen (secondary N) is 1. The lowest BCUT2D eigenvalue weighted by Gasteiger charge is -2.30. The van der Waals surface area contributed by atoms with Crippen LogP contribution in [0.1, 0.15) is 54.2 Å². The summed E-state index contributed by atoms with van der Waals surface area (Å²) in [5.41, 5.74) is 2.45. The van der Waals surface area contributed by atoms with E-state index in [4.69, 9.17) is 15.2 Å². The van der Waals surface area contributed by atoms with Gasteiger partial charge in [-0.05, 0) is 49.9 Å². The molecule has 1 aliphatic heterocycles. The average Bonchev–Trinajstić information content (AvgIpc) is 3.95. The number of methoxy groups -OCH3 is 1. The molecular weight excluding hydrogens is 610 g/mol. The molecule has 3 aliphatic rings. The molecule has 2 aromatic heterocycles. The molecule has 2 amide bonds. The molecule has 2 fully saturated rings. The van der Waals surface area contributed by atoms with Crippen molar-refractivity contribution in [1.82, 2.24) is 20.1 Å². The van der Waals surface area contributed by atoms with E-state index >= 15 is 4.39 Å². The van der Waals surface area contributed by atoms with Crippen LogP contribution in [-0.2, 0) is 21.6 Å². The van der Waals surface area contributed by atoms with Gasteiger partial charge in [0.05, 0.1) is 19.3 Å². The molecule has 4 aromatic rings. The van der Waals surface area contributed by atoms with E-state index in [-0.39, 0.29) is 47.2 Å². The van der Waals surface area contributed by atoms with Gasteiger partial charge in [0, 0.05) is 47.2 Å². The molecule has 2 atom stereocenters. The number of benzene rings is 2. The quantitative estimate of drug-likeness (QED) is 0.185. The van der Waals surface area contributed by atoms with Crippen molar-refractivity contribution in [2.75, 3.05) is 20.3 Å². The van der Waals surface area contributed by atoms with Crippen molar-refractivity contribution in [3.05, 3.63) is 70.8 Å². The average molecular weight is 640 g/mol. The van der Waals surface area contributed by atoms with Crippen LogP contribution in [0.4, 0.5) is 17.6 Å². The van der Waals surface area contributed by atoms with Crippen LogP contribution in [0.15, 0.2) is 36.5 Å². The number of aromatic nitrogens is 3. The number of amides is 2. The molecule has 240 valence electrons. The number of hydrogen-bond acceptors (Lipinski definition) is 7. The minimum atomic E-state index is -1.83. The molecule has 0 saturated heterocycles. The molecule has 2 aromatic carbocycles. The largest absolute Gasteiger partial charge is 0.494 e. The zero-order chi connectivity index (χ0) is 32.8. The summed E-state index contributed by atoms with van der Waals surface area (Å²) in [7, 11) is 1.40. The number of hydrogen-bond donors (Lipinski definition) is 3. The number of fused-ring (bicyclic) bond motifs is 2. The lowest BCUT2D eigenvalue weighted by molar-refractivity contribution is -0.123. The van der Waals surface area contributed by atoms with Crippen molar-refractivity contribution in [3.63, 3.8) is 0 Å². The monoisotopic (exact) mass is 639 g/mol. The van der Waals surface area contributed by atoms with Crippen LogP contribution >= 0.6 is 0 Å². The molecule has 10 nitrogen and oxygen atoms in total. The number of ether oxygens (including phenoxy) is 2. The van der Waals surface area contributed by atoms with Crippen LogP contribution in [0.5, 0.6) is 11.5 Å². The van der Waals surface area contributed by atoms with E-state index in [1.54, 1.807) is 0 Å². The molecule has 0 radical (unpaired) electrons. The highest BCUT2D eigenvalue weighted by atomic mass is 19.2. The van der Waals surface area contributed by atoms with Crippen LogP contribution in [-0.4, -0.2) is 51.9 Å². The first kappa shape index (κ1) is 30.0. The van der Waals surface area contributed by atoms with Crippen molar-refractivity contribution >= 4 is 22.7 Å². The number of nitrogens with zero attached hydrogens (tertiary/aromatic N) is 3. The van der Waals surface area contributed by atoms with Crippen LogP contribution in [0.25, 0.3) is 22.2 Å². The summed E-state index contributed by atoms with van der Waals surface area (Å²) in [5, 5.41) is 19.6. The first-order valence-corrected chi connectivity index (χ1v) is 14.7. The predicted molar refractivity (Wildman–Crippen MR) is 155 cm³/mol. The molecule has 7 rings (SSSR count). The van der Waals surface area contributed by atoms with E-state index in [2.05, 4.69) is 15.4 Å². The summed E-state index contributed by atoms with van der Waals surface area (Å²) in [6, 6.07) is 5.40. The maximum absolute atomic E-state index is 15.1. The SMILES string of the molecule is COc1cc(C(=O)NCC(O)(c2cc3c(c(-c4cc(F)c(F)cc4F)n2)OC[C@]3(C)C(N)=O)C2CC2)cc2cn(C3(F)CC3)nc12. The second-order valence-corrected chi connectivity index (χ2v) is 12.5. The standard InChI is InChI=1S/C32H29F4N5O5/c1-30(29(37)43)14-46-27-19(30)10-24(39-26(27)18-9-21(34)22(35)11-20(18)33)32(44,17-3-4-17)13-38-28(42)15-7-16-12-41(31(36)5-6-31)40-25(16)23(8-15)45-2/h7-12,17,44H,3-6,13-14H2,1-2H3,(H2,37,43)(H,38,42)/t30-,32?/m0/s1. The summed E-state index contributed by atoms with van der Waals surface area (Å²) in [4.78, 5) is 30.5. The predicted octanol–water partition coefficient (Wildman–Crippen LogP) is 4.10. The van der Waals surface area contributed by atoms with Gasteiger partial charge >= 0.3 is 0 Å². The number of carbonyl (C=O) groups is 2. The molecule has 0 bridgehead atoms. The third-order valence-corrected chi connectivity index (χ3v) is 9.23. The molecule has 0 spiro atoms. The molecule has 4 N–H and O–H groups in total. The molecule has 3 heterocycles. The number of alkyl halides is 1. The lowest BCUT2D eigenvalue weighted by atomic mass is 9.81. The Labute approximate surface area is 259 Å². The van der Waals surface area contributed by atoms with Gasteiger partial charge in [-0.3, -0.25) is 9.59 Å². The summed E-state index contributed by atoms with van der Waals surface area (Å²) in [6.07, 6.45) is 3.30. The van der Waals surface area contributed by atoms with E-state index < -0.39 is 57.6 Å². The highest BCUT2D eigenvalue weighted by Gasteiger charge is 2.50. The van der Waals surface area contributed by atoms with Gasteiger partial charge in [0.25, 0.3) is 5.91 Å². The number of rotatable bonds is 9. The first-order chi connectivity index (χ1) is 21.8. The van der Waals surface area contributed by atoms with Gasteiger partial charge in [-0.25, -0.2) is 27.2 Å². The van der Waals surface area contributed by atoms with Gasteiger partial charge < -0.3 is 25.6 Å². The van der Waals surface area contributed by atoms with Crippen LogP contribution < -0.4 is 20.5 Å². The first-order valence-electron chi connectivity index (χ1n) is 14.7. The maximum atomic E-state index is 15.1.